The fourth-order valence-electron chi connectivity index (χ4n) is 4.17. The van der Waals surface area contributed by atoms with Crippen molar-refractivity contribution in [1.29, 1.82) is 0 Å². The Bertz CT molecular complexity index is 350. The van der Waals surface area contributed by atoms with Gasteiger partial charge in [0.05, 0.1) is 11.2 Å². The third kappa shape index (κ3) is 2.86. The average molecular weight is 256 g/mol. The molecule has 4 atom stereocenters. The van der Waals surface area contributed by atoms with Crippen molar-refractivity contribution < 1.29 is 19.7 Å². The average Bonchev–Trinajstić information content (AvgIpc) is 2.10. The van der Waals surface area contributed by atoms with E-state index in [0.29, 0.717) is 32.1 Å². The molecule has 2 saturated carbocycles. The maximum Gasteiger partial charge on any atom is 0.306 e. The molecule has 0 saturated heterocycles. The molecule has 18 heavy (non-hydrogen) atoms. The zero-order chi connectivity index (χ0) is 13.6. The Hall–Kier alpha value is -0.610. The highest BCUT2D eigenvalue weighted by atomic mass is 16.6. The lowest BCUT2D eigenvalue weighted by Gasteiger charge is -2.53. The SMILES string of the molecule is CCC(=O)OC1(C)CC2CC(C)(O)CC(O)(C2)C1. The number of fused-ring (bicyclic) bond motifs is 2. The van der Waals surface area contributed by atoms with Gasteiger partial charge in [-0.2, -0.15) is 0 Å². The first-order valence-electron chi connectivity index (χ1n) is 6.82. The van der Waals surface area contributed by atoms with Gasteiger partial charge in [-0.15, -0.1) is 0 Å². The Morgan fingerprint density at radius 3 is 2.44 bits per heavy atom. The number of hydrogen-bond donors (Lipinski definition) is 2. The zero-order valence-corrected chi connectivity index (χ0v) is 11.5. The second-order valence-corrected chi connectivity index (χ2v) is 6.83. The molecule has 2 aliphatic carbocycles. The van der Waals surface area contributed by atoms with Crippen LogP contribution in [0.15, 0.2) is 0 Å². The minimum atomic E-state index is -0.895. The topological polar surface area (TPSA) is 66.8 Å². The van der Waals surface area contributed by atoms with Gasteiger partial charge in [-0.1, -0.05) is 6.92 Å². The Balaban J connectivity index is 2.14. The minimum Gasteiger partial charge on any atom is -0.459 e. The molecule has 0 aliphatic heterocycles. The van der Waals surface area contributed by atoms with E-state index in [9.17, 15) is 15.0 Å². The Morgan fingerprint density at radius 2 is 1.89 bits per heavy atom. The smallest absolute Gasteiger partial charge is 0.306 e. The quantitative estimate of drug-likeness (QED) is 0.739. The molecule has 4 nitrogen and oxygen atoms in total. The molecular formula is C14H24O4. The molecule has 4 unspecified atom stereocenters. The van der Waals surface area contributed by atoms with E-state index in [1.165, 1.54) is 0 Å². The predicted octanol–water partition coefficient (Wildman–Crippen LogP) is 1.77. The summed E-state index contributed by atoms with van der Waals surface area (Å²) < 4.78 is 5.52. The first-order chi connectivity index (χ1) is 8.15. The number of ether oxygens (including phenoxy) is 1. The van der Waals surface area contributed by atoms with Crippen molar-refractivity contribution in [1.82, 2.24) is 0 Å². The van der Waals surface area contributed by atoms with E-state index in [4.69, 9.17) is 4.74 Å². The molecule has 2 N–H and O–H groups in total. The Kier molecular flexibility index (Phi) is 3.23. The van der Waals surface area contributed by atoms with Gasteiger partial charge in [0.1, 0.15) is 5.60 Å². The Morgan fingerprint density at radius 1 is 1.22 bits per heavy atom. The molecule has 0 aromatic carbocycles. The van der Waals surface area contributed by atoms with Gasteiger partial charge in [0.2, 0.25) is 0 Å². The van der Waals surface area contributed by atoms with Crippen LogP contribution < -0.4 is 0 Å². The van der Waals surface area contributed by atoms with Crippen LogP contribution in [-0.4, -0.2) is 33.0 Å². The summed E-state index contributed by atoms with van der Waals surface area (Å²) in [5.74, 6) is 0.00925. The lowest BCUT2D eigenvalue weighted by Crippen LogP contribution is -2.57. The second-order valence-electron chi connectivity index (χ2n) is 6.83. The lowest BCUT2D eigenvalue weighted by molar-refractivity contribution is -0.199. The van der Waals surface area contributed by atoms with Crippen LogP contribution in [0.2, 0.25) is 0 Å². The summed E-state index contributed by atoms with van der Waals surface area (Å²) in [5, 5.41) is 20.8. The largest absolute Gasteiger partial charge is 0.459 e. The van der Waals surface area contributed by atoms with Crippen molar-refractivity contribution in [3.8, 4) is 0 Å². The number of aliphatic hydroxyl groups is 2. The number of hydrogen-bond acceptors (Lipinski definition) is 4. The molecule has 0 heterocycles. The Labute approximate surface area is 108 Å². The highest BCUT2D eigenvalue weighted by molar-refractivity contribution is 5.69. The fraction of sp³-hybridized carbons (Fsp3) is 0.929. The van der Waals surface area contributed by atoms with E-state index in [2.05, 4.69) is 0 Å². The van der Waals surface area contributed by atoms with E-state index in [0.717, 1.165) is 6.42 Å². The highest BCUT2D eigenvalue weighted by Gasteiger charge is 2.54. The van der Waals surface area contributed by atoms with Gasteiger partial charge in [-0.25, -0.2) is 0 Å². The van der Waals surface area contributed by atoms with E-state index in [-0.39, 0.29) is 11.9 Å². The van der Waals surface area contributed by atoms with Crippen LogP contribution in [0, 0.1) is 5.92 Å². The van der Waals surface area contributed by atoms with Gasteiger partial charge in [-0.3, -0.25) is 4.79 Å². The molecule has 0 aromatic rings. The van der Waals surface area contributed by atoms with Crippen molar-refractivity contribution in [3.05, 3.63) is 0 Å². The molecule has 2 bridgehead atoms. The van der Waals surface area contributed by atoms with E-state index < -0.39 is 16.8 Å². The number of carbonyl (C=O) groups excluding carboxylic acids is 1. The van der Waals surface area contributed by atoms with Crippen LogP contribution in [0.3, 0.4) is 0 Å². The van der Waals surface area contributed by atoms with Crippen molar-refractivity contribution >= 4 is 5.97 Å². The van der Waals surface area contributed by atoms with Crippen LogP contribution in [0.25, 0.3) is 0 Å². The molecule has 4 heteroatoms. The molecule has 0 amide bonds. The third-order valence-corrected chi connectivity index (χ3v) is 4.18. The number of rotatable bonds is 2. The van der Waals surface area contributed by atoms with Gasteiger partial charge in [-0.05, 0) is 39.0 Å². The van der Waals surface area contributed by atoms with Crippen LogP contribution in [0.5, 0.6) is 0 Å². The van der Waals surface area contributed by atoms with Crippen molar-refractivity contribution in [2.45, 2.75) is 76.1 Å². The molecule has 104 valence electrons. The summed E-state index contributed by atoms with van der Waals surface area (Å²) in [6, 6.07) is 0. The van der Waals surface area contributed by atoms with Gasteiger partial charge >= 0.3 is 5.97 Å². The molecule has 2 aliphatic rings. The van der Waals surface area contributed by atoms with E-state index >= 15 is 0 Å². The van der Waals surface area contributed by atoms with E-state index in [1.807, 2.05) is 6.92 Å². The summed E-state index contributed by atoms with van der Waals surface area (Å²) in [7, 11) is 0. The van der Waals surface area contributed by atoms with Crippen LogP contribution in [-0.2, 0) is 9.53 Å². The van der Waals surface area contributed by atoms with Crippen molar-refractivity contribution in [3.63, 3.8) is 0 Å². The third-order valence-electron chi connectivity index (χ3n) is 4.18. The summed E-state index contributed by atoms with van der Waals surface area (Å²) >= 11 is 0. The number of esters is 1. The molecule has 0 spiro atoms. The van der Waals surface area contributed by atoms with Gasteiger partial charge in [0, 0.05) is 19.3 Å². The molecule has 2 fully saturated rings. The minimum absolute atomic E-state index is 0.215. The van der Waals surface area contributed by atoms with Gasteiger partial charge in [0.25, 0.3) is 0 Å². The lowest BCUT2D eigenvalue weighted by atomic mass is 9.60. The maximum absolute atomic E-state index is 11.5. The molecule has 2 rings (SSSR count). The fourth-order valence-corrected chi connectivity index (χ4v) is 4.17. The summed E-state index contributed by atoms with van der Waals surface area (Å²) in [4.78, 5) is 11.5. The standard InChI is InChI=1S/C14H24O4/c1-4-11(15)18-13(3)6-10-5-12(2,16)8-14(17,7-10)9-13/h10,16-17H,4-9H2,1-3H3. The number of carbonyl (C=O) groups is 1. The molecule has 0 aromatic heterocycles. The van der Waals surface area contributed by atoms with E-state index in [1.54, 1.807) is 13.8 Å². The van der Waals surface area contributed by atoms with Crippen LogP contribution >= 0.6 is 0 Å². The van der Waals surface area contributed by atoms with Crippen LogP contribution in [0.4, 0.5) is 0 Å². The zero-order valence-electron chi connectivity index (χ0n) is 11.5. The summed E-state index contributed by atoms with van der Waals surface area (Å²) in [6.07, 6.45) is 3.28. The van der Waals surface area contributed by atoms with Crippen molar-refractivity contribution in [2.24, 2.45) is 5.92 Å². The predicted molar refractivity (Wildman–Crippen MR) is 66.9 cm³/mol. The first-order valence-corrected chi connectivity index (χ1v) is 6.82. The monoisotopic (exact) mass is 256 g/mol. The molecular weight excluding hydrogens is 232 g/mol. The highest BCUT2D eigenvalue weighted by Crippen LogP contribution is 2.51. The summed E-state index contributed by atoms with van der Waals surface area (Å²) in [5.41, 5.74) is -2.28. The first kappa shape index (κ1) is 13.8. The van der Waals surface area contributed by atoms with Gasteiger partial charge < -0.3 is 14.9 Å². The normalized spacial score (nSPS) is 47.7. The summed E-state index contributed by atoms with van der Waals surface area (Å²) in [6.45, 7) is 5.46. The van der Waals surface area contributed by atoms with Crippen LogP contribution in [0.1, 0.15) is 59.3 Å². The van der Waals surface area contributed by atoms with Crippen molar-refractivity contribution in [2.75, 3.05) is 0 Å². The maximum atomic E-state index is 11.5. The second kappa shape index (κ2) is 4.20. The molecule has 0 radical (unpaired) electrons. The van der Waals surface area contributed by atoms with Gasteiger partial charge in [0.15, 0.2) is 0 Å².